The molecule has 1 atom stereocenters. The first-order valence-electron chi connectivity index (χ1n) is 9.68. The summed E-state index contributed by atoms with van der Waals surface area (Å²) in [6, 6.07) is 7.43. The molecule has 1 aliphatic rings. The smallest absolute Gasteiger partial charge is 0.248 e. The van der Waals surface area contributed by atoms with Crippen molar-refractivity contribution in [1.29, 1.82) is 0 Å². The van der Waals surface area contributed by atoms with E-state index in [1.165, 1.54) is 18.4 Å². The van der Waals surface area contributed by atoms with Crippen LogP contribution in [0.2, 0.25) is 0 Å². The lowest BCUT2D eigenvalue weighted by atomic mass is 9.96. The van der Waals surface area contributed by atoms with E-state index < -0.39 is 5.60 Å². The van der Waals surface area contributed by atoms with Crippen LogP contribution in [0.3, 0.4) is 0 Å². The third kappa shape index (κ3) is 5.26. The number of amides is 1. The zero-order valence-corrected chi connectivity index (χ0v) is 18.0. The minimum absolute atomic E-state index is 0.0411. The first kappa shape index (κ1) is 21.5. The van der Waals surface area contributed by atoms with Crippen LogP contribution in [0.4, 0.5) is 0 Å². The fourth-order valence-electron chi connectivity index (χ4n) is 3.38. The molecule has 1 saturated heterocycles. The molecule has 1 amide bonds. The zero-order valence-electron chi connectivity index (χ0n) is 17.1. The van der Waals surface area contributed by atoms with Gasteiger partial charge in [-0.25, -0.2) is 4.98 Å². The molecule has 0 aliphatic carbocycles. The van der Waals surface area contributed by atoms with E-state index >= 15 is 0 Å². The SMILES string of the molecule is COCC(=O)N1CCC[C@@](O)(c2nc(C)c(COc3ccc(OC)cc3)s2)CC1. The largest absolute Gasteiger partial charge is 0.497 e. The number of likely N-dealkylation sites (tertiary alicyclic amines) is 1. The van der Waals surface area contributed by atoms with E-state index in [1.807, 2.05) is 31.2 Å². The van der Waals surface area contributed by atoms with Crippen molar-refractivity contribution in [3.8, 4) is 11.5 Å². The number of benzene rings is 1. The van der Waals surface area contributed by atoms with Crippen LogP contribution in [0, 0.1) is 6.92 Å². The number of rotatable bonds is 7. The van der Waals surface area contributed by atoms with E-state index in [0.29, 0.717) is 37.5 Å². The molecule has 7 nitrogen and oxygen atoms in total. The molecular formula is C21H28N2O5S. The Balaban J connectivity index is 1.65. The third-order valence-electron chi connectivity index (χ3n) is 5.15. The molecule has 1 fully saturated rings. The summed E-state index contributed by atoms with van der Waals surface area (Å²) in [4.78, 5) is 19.5. The normalized spacial score (nSPS) is 19.7. The number of thiazole rings is 1. The van der Waals surface area contributed by atoms with Crippen LogP contribution in [0.1, 0.15) is 34.8 Å². The van der Waals surface area contributed by atoms with E-state index in [1.54, 1.807) is 12.0 Å². The molecule has 0 unspecified atom stereocenters. The van der Waals surface area contributed by atoms with Crippen molar-refractivity contribution < 1.29 is 24.1 Å². The van der Waals surface area contributed by atoms with Gasteiger partial charge >= 0.3 is 0 Å². The second-order valence-electron chi connectivity index (χ2n) is 7.19. The Morgan fingerprint density at radius 1 is 1.21 bits per heavy atom. The minimum Gasteiger partial charge on any atom is -0.497 e. The van der Waals surface area contributed by atoms with Gasteiger partial charge < -0.3 is 24.2 Å². The molecule has 158 valence electrons. The number of carbonyl (C=O) groups excluding carboxylic acids is 1. The number of aryl methyl sites for hydroxylation is 1. The molecule has 3 rings (SSSR count). The van der Waals surface area contributed by atoms with Gasteiger partial charge in [0.2, 0.25) is 5.91 Å². The van der Waals surface area contributed by atoms with Gasteiger partial charge in [-0.1, -0.05) is 0 Å². The molecule has 0 saturated carbocycles. The van der Waals surface area contributed by atoms with Crippen molar-refractivity contribution in [2.24, 2.45) is 0 Å². The monoisotopic (exact) mass is 420 g/mol. The highest BCUT2D eigenvalue weighted by molar-refractivity contribution is 7.11. The molecule has 2 aromatic rings. The van der Waals surface area contributed by atoms with Crippen molar-refractivity contribution in [3.05, 3.63) is 39.8 Å². The summed E-state index contributed by atoms with van der Waals surface area (Å²) in [5.74, 6) is 1.49. The topological polar surface area (TPSA) is 81.1 Å². The van der Waals surface area contributed by atoms with E-state index in [-0.39, 0.29) is 12.5 Å². The van der Waals surface area contributed by atoms with Crippen LogP contribution >= 0.6 is 11.3 Å². The molecule has 29 heavy (non-hydrogen) atoms. The van der Waals surface area contributed by atoms with Gasteiger partial charge in [-0.05, 0) is 44.0 Å². The first-order chi connectivity index (χ1) is 13.9. The number of nitrogens with zero attached hydrogens (tertiary/aromatic N) is 2. The Morgan fingerprint density at radius 3 is 2.62 bits per heavy atom. The second-order valence-corrected chi connectivity index (χ2v) is 8.27. The molecule has 0 radical (unpaired) electrons. The molecule has 0 bridgehead atoms. The maximum Gasteiger partial charge on any atom is 0.248 e. The lowest BCUT2D eigenvalue weighted by molar-refractivity contribution is -0.135. The Morgan fingerprint density at radius 2 is 1.93 bits per heavy atom. The maximum atomic E-state index is 12.1. The molecule has 1 aromatic heterocycles. The molecule has 2 heterocycles. The standard InChI is InChI=1S/C21H28N2O5S/c1-15-18(13-28-17-7-5-16(27-3)6-8-17)29-20(22-15)21(25)9-4-11-23(12-10-21)19(24)14-26-2/h5-8,25H,4,9-14H2,1-3H3/t21-/m0/s1. The van der Waals surface area contributed by atoms with Crippen LogP contribution in [0.25, 0.3) is 0 Å². The Bertz CT molecular complexity index is 823. The van der Waals surface area contributed by atoms with Gasteiger partial charge in [0.05, 0.1) is 17.7 Å². The van der Waals surface area contributed by atoms with E-state index in [9.17, 15) is 9.90 Å². The summed E-state index contributed by atoms with van der Waals surface area (Å²) < 4.78 is 16.0. The van der Waals surface area contributed by atoms with Gasteiger partial charge in [0, 0.05) is 26.6 Å². The number of aliphatic hydroxyl groups is 1. The van der Waals surface area contributed by atoms with E-state index in [0.717, 1.165) is 28.5 Å². The van der Waals surface area contributed by atoms with Gasteiger partial charge in [-0.15, -0.1) is 11.3 Å². The Kier molecular flexibility index (Phi) is 7.10. The van der Waals surface area contributed by atoms with Crippen LogP contribution in [0.5, 0.6) is 11.5 Å². The van der Waals surface area contributed by atoms with Crippen molar-refractivity contribution >= 4 is 17.2 Å². The average molecular weight is 421 g/mol. The fraction of sp³-hybridized carbons (Fsp3) is 0.524. The van der Waals surface area contributed by atoms with Gasteiger partial charge in [-0.3, -0.25) is 4.79 Å². The van der Waals surface area contributed by atoms with Gasteiger partial charge in [0.25, 0.3) is 0 Å². The number of carbonyl (C=O) groups is 1. The van der Waals surface area contributed by atoms with Crippen LogP contribution in [-0.2, 0) is 21.7 Å². The van der Waals surface area contributed by atoms with E-state index in [4.69, 9.17) is 14.2 Å². The number of hydrogen-bond donors (Lipinski definition) is 1. The van der Waals surface area contributed by atoms with Gasteiger partial charge in [0.15, 0.2) is 0 Å². The van der Waals surface area contributed by atoms with Crippen molar-refractivity contribution in [2.45, 2.75) is 38.4 Å². The van der Waals surface area contributed by atoms with Gasteiger partial charge in [0.1, 0.15) is 35.3 Å². The predicted molar refractivity (Wildman–Crippen MR) is 110 cm³/mol. The molecular weight excluding hydrogens is 392 g/mol. The highest BCUT2D eigenvalue weighted by Crippen LogP contribution is 2.37. The number of hydrogen-bond acceptors (Lipinski definition) is 7. The first-order valence-corrected chi connectivity index (χ1v) is 10.5. The minimum atomic E-state index is -1.02. The molecule has 1 aliphatic heterocycles. The van der Waals surface area contributed by atoms with Crippen molar-refractivity contribution in [3.63, 3.8) is 0 Å². The average Bonchev–Trinajstić information content (AvgIpc) is 2.98. The summed E-state index contributed by atoms with van der Waals surface area (Å²) >= 11 is 1.48. The predicted octanol–water partition coefficient (Wildman–Crippen LogP) is 2.89. The lowest BCUT2D eigenvalue weighted by Gasteiger charge is -2.24. The lowest BCUT2D eigenvalue weighted by Crippen LogP contribution is -2.35. The summed E-state index contributed by atoms with van der Waals surface area (Å²) in [5.41, 5.74) is -0.154. The molecule has 1 aromatic carbocycles. The maximum absolute atomic E-state index is 12.1. The Hall–Kier alpha value is -2.16. The quantitative estimate of drug-likeness (QED) is 0.742. The summed E-state index contributed by atoms with van der Waals surface area (Å²) in [5, 5.41) is 12.0. The van der Waals surface area contributed by atoms with Crippen LogP contribution in [-0.4, -0.2) is 54.8 Å². The number of methoxy groups -OCH3 is 2. The number of ether oxygens (including phenoxy) is 3. The number of aromatic nitrogens is 1. The third-order valence-corrected chi connectivity index (χ3v) is 6.48. The van der Waals surface area contributed by atoms with Crippen molar-refractivity contribution in [2.75, 3.05) is 33.9 Å². The van der Waals surface area contributed by atoms with E-state index in [2.05, 4.69) is 4.98 Å². The Labute approximate surface area is 175 Å². The fourth-order valence-corrected chi connectivity index (χ4v) is 4.50. The summed E-state index contributed by atoms with van der Waals surface area (Å²) in [7, 11) is 3.14. The summed E-state index contributed by atoms with van der Waals surface area (Å²) in [6.45, 7) is 3.52. The van der Waals surface area contributed by atoms with Crippen LogP contribution in [0.15, 0.2) is 24.3 Å². The molecule has 8 heteroatoms. The highest BCUT2D eigenvalue weighted by Gasteiger charge is 2.36. The van der Waals surface area contributed by atoms with Gasteiger partial charge in [-0.2, -0.15) is 0 Å². The van der Waals surface area contributed by atoms with Crippen molar-refractivity contribution in [1.82, 2.24) is 9.88 Å². The molecule has 0 spiro atoms. The zero-order chi connectivity index (χ0) is 20.9. The molecule has 1 N–H and O–H groups in total. The summed E-state index contributed by atoms with van der Waals surface area (Å²) in [6.07, 6.45) is 1.77. The second kappa shape index (κ2) is 9.56. The van der Waals surface area contributed by atoms with Crippen LogP contribution < -0.4 is 9.47 Å². The highest BCUT2D eigenvalue weighted by atomic mass is 32.1.